The lowest BCUT2D eigenvalue weighted by Crippen LogP contribution is -2.37. The summed E-state index contributed by atoms with van der Waals surface area (Å²) in [7, 11) is 1.67. The zero-order valence-electron chi connectivity index (χ0n) is 15.9. The average molecular weight is 343 g/mol. The van der Waals surface area contributed by atoms with E-state index in [9.17, 15) is 4.79 Å². The van der Waals surface area contributed by atoms with E-state index in [-0.39, 0.29) is 11.9 Å². The van der Waals surface area contributed by atoms with E-state index in [1.807, 2.05) is 43.1 Å². The molecule has 0 N–H and O–H groups in total. The van der Waals surface area contributed by atoms with Crippen LogP contribution in [0, 0.1) is 5.92 Å². The molecule has 0 aliphatic carbocycles. The Labute approximate surface area is 150 Å². The summed E-state index contributed by atoms with van der Waals surface area (Å²) < 4.78 is 7.38. The number of amides is 1. The van der Waals surface area contributed by atoms with Gasteiger partial charge in [-0.05, 0) is 37.5 Å². The normalized spacial score (nSPS) is 11.2. The number of aromatic nitrogens is 2. The van der Waals surface area contributed by atoms with E-state index >= 15 is 0 Å². The molecule has 5 nitrogen and oxygen atoms in total. The molecule has 1 aromatic heterocycles. The number of carbonyl (C=O) groups is 1. The highest BCUT2D eigenvalue weighted by Crippen LogP contribution is 2.16. The van der Waals surface area contributed by atoms with Crippen molar-refractivity contribution in [2.45, 2.75) is 53.2 Å². The zero-order chi connectivity index (χ0) is 18.4. The second kappa shape index (κ2) is 8.70. The summed E-state index contributed by atoms with van der Waals surface area (Å²) in [5.74, 6) is 2.27. The van der Waals surface area contributed by atoms with Gasteiger partial charge < -0.3 is 14.2 Å². The molecule has 0 bridgehead atoms. The topological polar surface area (TPSA) is 47.4 Å². The lowest BCUT2D eigenvalue weighted by atomic mass is 10.1. The highest BCUT2D eigenvalue weighted by Gasteiger charge is 2.20. The SMILES string of the molecule is COc1cccc(Cn2ccnc2CN(C(=O)CC(C)C)C(C)C)c1. The van der Waals surface area contributed by atoms with Gasteiger partial charge in [0.15, 0.2) is 0 Å². The summed E-state index contributed by atoms with van der Waals surface area (Å²) in [5, 5.41) is 0. The summed E-state index contributed by atoms with van der Waals surface area (Å²) in [6.45, 7) is 9.47. The standard InChI is InChI=1S/C20H29N3O2/c1-15(2)11-20(24)23(16(3)4)14-19-21-9-10-22(19)13-17-7-6-8-18(12-17)25-5/h6-10,12,15-16H,11,13-14H2,1-5H3. The van der Waals surface area contributed by atoms with Gasteiger partial charge in [0.25, 0.3) is 0 Å². The molecule has 0 saturated carbocycles. The second-order valence-electron chi connectivity index (χ2n) is 7.04. The van der Waals surface area contributed by atoms with Crippen LogP contribution in [0.3, 0.4) is 0 Å². The van der Waals surface area contributed by atoms with E-state index in [0.29, 0.717) is 25.4 Å². The average Bonchev–Trinajstić information content (AvgIpc) is 2.98. The summed E-state index contributed by atoms with van der Waals surface area (Å²) in [6.07, 6.45) is 4.32. The van der Waals surface area contributed by atoms with Crippen molar-refractivity contribution in [3.05, 3.63) is 48.0 Å². The Morgan fingerprint density at radius 3 is 2.68 bits per heavy atom. The molecule has 5 heteroatoms. The number of imidazole rings is 1. The fraction of sp³-hybridized carbons (Fsp3) is 0.500. The van der Waals surface area contributed by atoms with Gasteiger partial charge in [0.1, 0.15) is 11.6 Å². The first-order valence-corrected chi connectivity index (χ1v) is 8.83. The molecule has 0 atom stereocenters. The van der Waals surface area contributed by atoms with Crippen molar-refractivity contribution in [1.82, 2.24) is 14.5 Å². The third-order valence-electron chi connectivity index (χ3n) is 4.13. The number of hydrogen-bond donors (Lipinski definition) is 0. The van der Waals surface area contributed by atoms with Gasteiger partial charge in [-0.2, -0.15) is 0 Å². The molecular weight excluding hydrogens is 314 g/mol. The Hall–Kier alpha value is -2.30. The first-order chi connectivity index (χ1) is 11.9. The molecule has 0 spiro atoms. The largest absolute Gasteiger partial charge is 0.497 e. The Bertz CT molecular complexity index is 692. The van der Waals surface area contributed by atoms with Crippen molar-refractivity contribution in [2.75, 3.05) is 7.11 Å². The number of carbonyl (C=O) groups excluding carboxylic acids is 1. The molecule has 0 saturated heterocycles. The van der Waals surface area contributed by atoms with E-state index < -0.39 is 0 Å². The van der Waals surface area contributed by atoms with Crippen LogP contribution in [0.1, 0.15) is 45.5 Å². The number of benzene rings is 1. The molecule has 0 fully saturated rings. The molecule has 2 aromatic rings. The number of ether oxygens (including phenoxy) is 1. The molecule has 2 rings (SSSR count). The molecule has 1 amide bonds. The fourth-order valence-electron chi connectivity index (χ4n) is 2.78. The zero-order valence-corrected chi connectivity index (χ0v) is 15.9. The Morgan fingerprint density at radius 2 is 2.04 bits per heavy atom. The summed E-state index contributed by atoms with van der Waals surface area (Å²) in [5.41, 5.74) is 1.14. The highest BCUT2D eigenvalue weighted by atomic mass is 16.5. The van der Waals surface area contributed by atoms with E-state index in [4.69, 9.17) is 4.74 Å². The van der Waals surface area contributed by atoms with Crippen LogP contribution in [0.15, 0.2) is 36.7 Å². The maximum atomic E-state index is 12.5. The van der Waals surface area contributed by atoms with Gasteiger partial charge in [-0.1, -0.05) is 26.0 Å². The van der Waals surface area contributed by atoms with Gasteiger partial charge in [-0.3, -0.25) is 4.79 Å². The van der Waals surface area contributed by atoms with Crippen LogP contribution in [-0.4, -0.2) is 33.5 Å². The predicted molar refractivity (Wildman–Crippen MR) is 99.5 cm³/mol. The molecule has 1 aromatic carbocycles. The highest BCUT2D eigenvalue weighted by molar-refractivity contribution is 5.76. The van der Waals surface area contributed by atoms with Gasteiger partial charge in [-0.15, -0.1) is 0 Å². The molecule has 0 aliphatic heterocycles. The van der Waals surface area contributed by atoms with Gasteiger partial charge in [0.2, 0.25) is 5.91 Å². The Balaban J connectivity index is 2.15. The fourth-order valence-corrected chi connectivity index (χ4v) is 2.78. The minimum atomic E-state index is 0.146. The van der Waals surface area contributed by atoms with Crippen molar-refractivity contribution in [2.24, 2.45) is 5.92 Å². The van der Waals surface area contributed by atoms with Gasteiger partial charge >= 0.3 is 0 Å². The van der Waals surface area contributed by atoms with Crippen molar-refractivity contribution >= 4 is 5.91 Å². The van der Waals surface area contributed by atoms with E-state index in [2.05, 4.69) is 29.5 Å². The van der Waals surface area contributed by atoms with Crippen LogP contribution < -0.4 is 4.74 Å². The molecule has 136 valence electrons. The predicted octanol–water partition coefficient (Wildman–Crippen LogP) is 3.72. The Kier molecular flexibility index (Phi) is 6.62. The monoisotopic (exact) mass is 343 g/mol. The molecule has 1 heterocycles. The maximum Gasteiger partial charge on any atom is 0.223 e. The second-order valence-corrected chi connectivity index (χ2v) is 7.04. The molecule has 25 heavy (non-hydrogen) atoms. The maximum absolute atomic E-state index is 12.5. The van der Waals surface area contributed by atoms with Crippen molar-refractivity contribution in [3.63, 3.8) is 0 Å². The van der Waals surface area contributed by atoms with E-state index in [0.717, 1.165) is 17.1 Å². The van der Waals surface area contributed by atoms with Crippen LogP contribution in [0.4, 0.5) is 0 Å². The summed E-state index contributed by atoms with van der Waals surface area (Å²) in [6, 6.07) is 8.15. The van der Waals surface area contributed by atoms with Crippen molar-refractivity contribution in [3.8, 4) is 5.75 Å². The van der Waals surface area contributed by atoms with Crippen LogP contribution in [0.2, 0.25) is 0 Å². The lowest BCUT2D eigenvalue weighted by molar-refractivity contribution is -0.134. The number of rotatable bonds is 8. The minimum Gasteiger partial charge on any atom is -0.497 e. The van der Waals surface area contributed by atoms with Crippen LogP contribution in [0.25, 0.3) is 0 Å². The van der Waals surface area contributed by atoms with E-state index in [1.165, 1.54) is 0 Å². The third kappa shape index (κ3) is 5.34. The van der Waals surface area contributed by atoms with Crippen LogP contribution in [-0.2, 0) is 17.9 Å². The minimum absolute atomic E-state index is 0.146. The van der Waals surface area contributed by atoms with Gasteiger partial charge in [0.05, 0.1) is 13.7 Å². The van der Waals surface area contributed by atoms with Crippen LogP contribution in [0.5, 0.6) is 5.75 Å². The Morgan fingerprint density at radius 1 is 1.28 bits per heavy atom. The summed E-state index contributed by atoms with van der Waals surface area (Å²) >= 11 is 0. The number of hydrogen-bond acceptors (Lipinski definition) is 3. The van der Waals surface area contributed by atoms with E-state index in [1.54, 1.807) is 13.3 Å². The van der Waals surface area contributed by atoms with Gasteiger partial charge in [0, 0.05) is 31.4 Å². The van der Waals surface area contributed by atoms with Crippen molar-refractivity contribution < 1.29 is 9.53 Å². The number of methoxy groups -OCH3 is 1. The molecular formula is C20H29N3O2. The van der Waals surface area contributed by atoms with Crippen molar-refractivity contribution in [1.29, 1.82) is 0 Å². The lowest BCUT2D eigenvalue weighted by Gasteiger charge is -2.27. The molecule has 0 unspecified atom stereocenters. The number of nitrogens with zero attached hydrogens (tertiary/aromatic N) is 3. The first kappa shape index (κ1) is 19.0. The summed E-state index contributed by atoms with van der Waals surface area (Å²) in [4.78, 5) is 18.9. The molecule has 0 radical (unpaired) electrons. The third-order valence-corrected chi connectivity index (χ3v) is 4.13. The van der Waals surface area contributed by atoms with Gasteiger partial charge in [-0.25, -0.2) is 4.98 Å². The first-order valence-electron chi connectivity index (χ1n) is 8.83. The molecule has 0 aliphatic rings. The van der Waals surface area contributed by atoms with Crippen LogP contribution >= 0.6 is 0 Å². The smallest absolute Gasteiger partial charge is 0.223 e. The quantitative estimate of drug-likeness (QED) is 0.734.